The fraction of sp³-hybridized carbons (Fsp3) is 0. The molecule has 0 spiro atoms. The first-order valence-corrected chi connectivity index (χ1v) is 14.2. The normalized spacial score (nSPS) is 12.1. The zero-order valence-corrected chi connectivity index (χ0v) is 22.9. The van der Waals surface area contributed by atoms with E-state index in [2.05, 4.69) is 0 Å². The summed E-state index contributed by atoms with van der Waals surface area (Å²) in [5.41, 5.74) is 6.89. The number of para-hydroxylation sites is 2. The minimum absolute atomic E-state index is 0.399. The van der Waals surface area contributed by atoms with Gasteiger partial charge in [0.1, 0.15) is 22.2 Å². The van der Waals surface area contributed by atoms with Crippen molar-refractivity contribution in [2.24, 2.45) is 0 Å². The zero-order valence-electron chi connectivity index (χ0n) is 22.9. The largest absolute Gasteiger partial charge is 0.439 e. The molecule has 3 aromatic carbocycles. The highest BCUT2D eigenvalue weighted by molar-refractivity contribution is 6.19. The Bertz CT molecular complexity index is 2570. The highest BCUT2D eigenvalue weighted by Crippen LogP contribution is 2.39. The van der Waals surface area contributed by atoms with Crippen molar-refractivity contribution in [3.05, 3.63) is 116 Å². The van der Waals surface area contributed by atoms with Crippen LogP contribution in [0.15, 0.2) is 124 Å². The third-order valence-corrected chi connectivity index (χ3v) is 8.13. The summed E-state index contributed by atoms with van der Waals surface area (Å²) in [6.45, 7) is 0. The molecule has 206 valence electrons. The highest BCUT2D eigenvalue weighted by atomic mass is 16.3. The molecule has 9 nitrogen and oxygen atoms in total. The number of rotatable bonds is 3. The van der Waals surface area contributed by atoms with Gasteiger partial charge in [-0.25, -0.2) is 9.13 Å². The van der Waals surface area contributed by atoms with Gasteiger partial charge in [0.05, 0.1) is 21.8 Å². The third kappa shape index (κ3) is 3.09. The molecule has 0 radical (unpaired) electrons. The Kier molecular flexibility index (Phi) is 4.54. The molecule has 44 heavy (non-hydrogen) atoms. The van der Waals surface area contributed by atoms with E-state index in [0.717, 1.165) is 60.3 Å². The fourth-order valence-electron chi connectivity index (χ4n) is 6.26. The Hall–Kier alpha value is -6.35. The molecular weight excluding hydrogens is 550 g/mol. The van der Waals surface area contributed by atoms with Gasteiger partial charge in [0, 0.05) is 28.7 Å². The summed E-state index contributed by atoms with van der Waals surface area (Å²) >= 11 is 0. The van der Waals surface area contributed by atoms with Crippen molar-refractivity contribution in [2.75, 3.05) is 0 Å². The Morgan fingerprint density at radius 1 is 0.477 bits per heavy atom. The molecule has 0 unspecified atom stereocenters. The van der Waals surface area contributed by atoms with Crippen LogP contribution in [-0.2, 0) is 0 Å². The molecule has 10 aromatic rings. The number of furan rings is 2. The van der Waals surface area contributed by atoms with E-state index >= 15 is 0 Å². The van der Waals surface area contributed by atoms with Gasteiger partial charge < -0.3 is 8.83 Å². The van der Waals surface area contributed by atoms with E-state index in [0.29, 0.717) is 29.1 Å². The van der Waals surface area contributed by atoms with Crippen molar-refractivity contribution in [1.29, 1.82) is 0 Å². The van der Waals surface area contributed by atoms with Crippen LogP contribution in [-0.4, -0.2) is 34.1 Å². The second-order valence-electron chi connectivity index (χ2n) is 10.6. The van der Waals surface area contributed by atoms with Crippen LogP contribution in [0.25, 0.3) is 89.5 Å². The SMILES string of the molecule is c1ccc(-c2nc(-n3c4cccnc4c4c5ccccc5oc43)nc(-n3c4cccnc4c4c5ccccc5oc43)n2)cc1. The number of pyridine rings is 2. The van der Waals surface area contributed by atoms with Gasteiger partial charge in [0.15, 0.2) is 5.82 Å². The number of nitrogens with zero attached hydrogens (tertiary/aromatic N) is 7. The van der Waals surface area contributed by atoms with Crippen LogP contribution in [0.1, 0.15) is 0 Å². The van der Waals surface area contributed by atoms with Gasteiger partial charge in [-0.05, 0) is 36.4 Å². The molecule has 0 atom stereocenters. The Labute approximate surface area is 247 Å². The second-order valence-corrected chi connectivity index (χ2v) is 10.6. The summed E-state index contributed by atoms with van der Waals surface area (Å²) in [5, 5.41) is 3.78. The molecule has 0 saturated heterocycles. The minimum Gasteiger partial charge on any atom is -0.439 e. The predicted molar refractivity (Wildman–Crippen MR) is 169 cm³/mol. The van der Waals surface area contributed by atoms with Gasteiger partial charge in [-0.15, -0.1) is 0 Å². The molecule has 0 aliphatic rings. The molecule has 0 N–H and O–H groups in total. The van der Waals surface area contributed by atoms with E-state index in [1.807, 2.05) is 112 Å². The second kappa shape index (κ2) is 8.59. The summed E-state index contributed by atoms with van der Waals surface area (Å²) in [6.07, 6.45) is 3.58. The van der Waals surface area contributed by atoms with Gasteiger partial charge in [0.25, 0.3) is 0 Å². The maximum absolute atomic E-state index is 6.47. The fourth-order valence-corrected chi connectivity index (χ4v) is 6.26. The maximum Gasteiger partial charge on any atom is 0.242 e. The van der Waals surface area contributed by atoms with Crippen LogP contribution < -0.4 is 0 Å². The van der Waals surface area contributed by atoms with Gasteiger partial charge in [0.2, 0.25) is 23.3 Å². The van der Waals surface area contributed by atoms with Crippen molar-refractivity contribution in [3.8, 4) is 23.3 Å². The molecule has 0 amide bonds. The van der Waals surface area contributed by atoms with Crippen molar-refractivity contribution >= 4 is 66.2 Å². The highest BCUT2D eigenvalue weighted by Gasteiger charge is 2.26. The number of aromatic nitrogens is 7. The quantitative estimate of drug-likeness (QED) is 0.212. The minimum atomic E-state index is 0.399. The molecule has 0 aliphatic heterocycles. The average molecular weight is 570 g/mol. The molecule has 9 heteroatoms. The molecule has 0 aliphatic carbocycles. The number of benzene rings is 3. The van der Waals surface area contributed by atoms with E-state index in [1.54, 1.807) is 12.4 Å². The first-order valence-electron chi connectivity index (χ1n) is 14.2. The molecule has 7 heterocycles. The third-order valence-electron chi connectivity index (χ3n) is 8.13. The lowest BCUT2D eigenvalue weighted by molar-refractivity contribution is 0.636. The van der Waals surface area contributed by atoms with Crippen LogP contribution in [0, 0.1) is 0 Å². The van der Waals surface area contributed by atoms with Crippen molar-refractivity contribution < 1.29 is 8.83 Å². The first kappa shape index (κ1) is 23.2. The molecule has 0 fully saturated rings. The van der Waals surface area contributed by atoms with E-state index < -0.39 is 0 Å². The van der Waals surface area contributed by atoms with Crippen LogP contribution >= 0.6 is 0 Å². The van der Waals surface area contributed by atoms with Crippen LogP contribution in [0.3, 0.4) is 0 Å². The van der Waals surface area contributed by atoms with Crippen molar-refractivity contribution in [2.45, 2.75) is 0 Å². The topological polar surface area (TPSA) is 101 Å². The zero-order chi connectivity index (χ0) is 28.8. The molecule has 7 aromatic heterocycles. The smallest absolute Gasteiger partial charge is 0.242 e. The maximum atomic E-state index is 6.47. The Morgan fingerprint density at radius 3 is 1.52 bits per heavy atom. The lowest BCUT2D eigenvalue weighted by atomic mass is 10.2. The average Bonchev–Trinajstić information content (AvgIpc) is 3.81. The van der Waals surface area contributed by atoms with E-state index in [4.69, 9.17) is 33.8 Å². The van der Waals surface area contributed by atoms with Crippen LogP contribution in [0.4, 0.5) is 0 Å². The van der Waals surface area contributed by atoms with Crippen LogP contribution in [0.5, 0.6) is 0 Å². The monoisotopic (exact) mass is 569 g/mol. The van der Waals surface area contributed by atoms with Crippen molar-refractivity contribution in [1.82, 2.24) is 34.1 Å². The number of hydrogen-bond acceptors (Lipinski definition) is 7. The van der Waals surface area contributed by atoms with E-state index in [9.17, 15) is 0 Å². The number of hydrogen-bond donors (Lipinski definition) is 0. The van der Waals surface area contributed by atoms with Crippen LogP contribution in [0.2, 0.25) is 0 Å². The molecule has 0 bridgehead atoms. The summed E-state index contributed by atoms with van der Waals surface area (Å²) in [6, 6.07) is 33.6. The standard InChI is InChI=1S/C35H19N7O2/c1-2-10-20(11-3-1)31-38-34(41-23-14-8-18-36-29(23)27-21-12-4-6-16-25(21)43-32(27)41)40-35(39-31)42-24-15-9-19-37-30(24)28-22-13-5-7-17-26(22)44-33(28)42/h1-19H. The lowest BCUT2D eigenvalue weighted by Crippen LogP contribution is -2.10. The Morgan fingerprint density at radius 2 is 0.977 bits per heavy atom. The first-order chi connectivity index (χ1) is 21.8. The van der Waals surface area contributed by atoms with E-state index in [1.165, 1.54) is 0 Å². The summed E-state index contributed by atoms with van der Waals surface area (Å²) < 4.78 is 16.8. The lowest BCUT2D eigenvalue weighted by Gasteiger charge is -2.11. The van der Waals surface area contributed by atoms with Gasteiger partial charge in [-0.1, -0.05) is 66.7 Å². The van der Waals surface area contributed by atoms with E-state index in [-0.39, 0.29) is 0 Å². The molecular formula is C35H19N7O2. The van der Waals surface area contributed by atoms with Gasteiger partial charge in [-0.3, -0.25) is 9.97 Å². The predicted octanol–water partition coefficient (Wildman–Crippen LogP) is 8.02. The van der Waals surface area contributed by atoms with Gasteiger partial charge in [-0.2, -0.15) is 15.0 Å². The van der Waals surface area contributed by atoms with Crippen molar-refractivity contribution in [3.63, 3.8) is 0 Å². The van der Waals surface area contributed by atoms with Gasteiger partial charge >= 0.3 is 0 Å². The summed E-state index contributed by atoms with van der Waals surface area (Å²) in [7, 11) is 0. The number of fused-ring (bicyclic) bond motifs is 10. The Balaban J connectivity index is 1.35. The summed E-state index contributed by atoms with van der Waals surface area (Å²) in [4.78, 5) is 24.7. The molecule has 0 saturated carbocycles. The summed E-state index contributed by atoms with van der Waals surface area (Å²) in [5.74, 6) is 1.31. The molecule has 10 rings (SSSR count).